The van der Waals surface area contributed by atoms with Crippen molar-refractivity contribution in [3.8, 4) is 0 Å². The van der Waals surface area contributed by atoms with Gasteiger partial charge in [-0.3, -0.25) is 65.7 Å². The SMILES string of the molecule is Cn1c[n+]([C@@H]2O[C@H](COP(=O)(O)OP(=O)(O)OP(O)(=S)OC[C@H]3O[C@@H](n4cnc5c(N)ncnc54)[C@@H](O)C3OP(=O)(O)OC[C@H]3O[C@@H](n4cnc5c(=O)[nH]c(N)nc54)[C@@H](O)C3OP(=O)(O)OC[C@H]3C[C@@H](n4cnc5c(=O)[nH]c(N)nc54)[C@@H](O)C3O)C(O)[C@@H]2O)c2nc(N)[nH]c(=O)c21. The fraction of sp³-hybridized carbons (Fsp3) is 0.524. The summed E-state index contributed by atoms with van der Waals surface area (Å²) in [5, 5.41) is 67.5. The van der Waals surface area contributed by atoms with Crippen molar-refractivity contribution >= 4 is 118 Å². The summed E-state index contributed by atoms with van der Waals surface area (Å²) in [5.74, 6) is -2.41. The van der Waals surface area contributed by atoms with Crippen LogP contribution in [0.3, 0.4) is 0 Å². The smallest absolute Gasteiger partial charge is 0.390 e. The topological polar surface area (TPSA) is 722 Å². The number of nitrogens with zero attached hydrogens (tertiary/aromatic N) is 13. The van der Waals surface area contributed by atoms with Gasteiger partial charge in [0.15, 0.2) is 52.6 Å². The predicted octanol–water partition coefficient (Wildman–Crippen LogP) is -6.11. The minimum absolute atomic E-state index is 0.0419. The third kappa shape index (κ3) is 14.1. The van der Waals surface area contributed by atoms with Gasteiger partial charge in [0.1, 0.15) is 72.9 Å². The molecule has 1 saturated carbocycles. The van der Waals surface area contributed by atoms with E-state index in [0.29, 0.717) is 0 Å². The number of aliphatic hydroxyl groups excluding tert-OH is 6. The summed E-state index contributed by atoms with van der Waals surface area (Å²) in [5.41, 5.74) is 19.6. The summed E-state index contributed by atoms with van der Waals surface area (Å²) in [6, 6.07) is -1.06. The summed E-state index contributed by atoms with van der Waals surface area (Å²) in [7, 11) is -21.9. The molecular weight excluding hydrogens is 1440 g/mol. The first-order valence-corrected chi connectivity index (χ1v) is 36.3. The molecule has 3 saturated heterocycles. The Hall–Kier alpha value is -6.51. The lowest BCUT2D eigenvalue weighted by Crippen LogP contribution is -2.46. The number of hydrogen-bond acceptors (Lipinski definition) is 37. The van der Waals surface area contributed by atoms with Gasteiger partial charge in [-0.25, -0.2) is 52.1 Å². The Bertz CT molecular complexity index is 4810. The number of aryl methyl sites for hydroxylation is 1. The van der Waals surface area contributed by atoms with E-state index < -0.39 is 185 Å². The van der Waals surface area contributed by atoms with Crippen LogP contribution in [0.1, 0.15) is 31.1 Å². The van der Waals surface area contributed by atoms with Gasteiger partial charge in [-0.1, -0.05) is 4.98 Å². The van der Waals surface area contributed by atoms with E-state index in [9.17, 15) is 87.8 Å². The van der Waals surface area contributed by atoms with Gasteiger partial charge in [-0.15, -0.1) is 0 Å². The number of hydrogen-bond donors (Lipinski definition) is 18. The first-order valence-electron chi connectivity index (χ1n) is 27.7. The molecule has 8 aromatic rings. The van der Waals surface area contributed by atoms with Crippen LogP contribution in [0.2, 0.25) is 0 Å². The van der Waals surface area contributed by atoms with Crippen LogP contribution < -0.4 is 44.2 Å². The van der Waals surface area contributed by atoms with E-state index in [-0.39, 0.29) is 68.8 Å². The van der Waals surface area contributed by atoms with Crippen LogP contribution in [0.15, 0.2) is 46.0 Å². The molecule has 1 aliphatic carbocycles. The number of H-pyrrole nitrogens is 3. The fourth-order valence-electron chi connectivity index (χ4n) is 11.3. The predicted molar refractivity (Wildman–Crippen MR) is 317 cm³/mol. The van der Waals surface area contributed by atoms with Crippen molar-refractivity contribution in [2.75, 3.05) is 49.4 Å². The number of ether oxygens (including phenoxy) is 3. The first kappa shape index (κ1) is 70.4. The second-order valence-electron chi connectivity index (χ2n) is 21.9. The van der Waals surface area contributed by atoms with Crippen LogP contribution in [0.25, 0.3) is 44.7 Å². The standard InChI is InChI=1S/C42H55N20O29P5S/c1-58-11-62(33-20(58)36(71)57-42(46)54-33)37-24(66)23(65)14(85-37)4-83-94(76,77)90-95(78,79)91-96(80,97)84-6-16-28(25(67)38(87-16)60-9-49-17-29(43)47-7-48-30(17)60)89-93(74,75)82-5-15-27(26(68)39(86-15)61-10-51-19-32(61)53-41(45)56-35(19)70)88-92(72,73)81-3-12-2-13(22(64)21(12)63)59-8-50-18-31(59)52-40(44)55-34(18)69/h7-16,21-28,37-39,63-68H,2-6H2,1H3,(H15-,43,44,45,46,47,48,52,53,54,55,56,57,69,70,71,72,73,74,75,76,77,78,79,80,97)/p+1/t12-,13-,14-,15-,16-,21?,22-,23?,24+,25+,26+,27?,28?,37-,38-,39-,96?/m1/s1. The zero-order valence-electron chi connectivity index (χ0n) is 48.7. The zero-order valence-corrected chi connectivity index (χ0v) is 54.0. The number of nitrogens with two attached hydrogens (primary N) is 4. The highest BCUT2D eigenvalue weighted by Crippen LogP contribution is 2.68. The minimum atomic E-state index is -6.13. The molecule has 3 aliphatic heterocycles. The van der Waals surface area contributed by atoms with Crippen LogP contribution in [0, 0.1) is 5.92 Å². The maximum Gasteiger partial charge on any atom is 0.488 e. The van der Waals surface area contributed by atoms with Gasteiger partial charge in [0.05, 0.1) is 64.6 Å². The molecule has 4 fully saturated rings. The number of phosphoric ester groups is 3. The van der Waals surface area contributed by atoms with Crippen molar-refractivity contribution in [3.05, 3.63) is 62.7 Å². The monoisotopic (exact) mass is 1490 g/mol. The summed E-state index contributed by atoms with van der Waals surface area (Å²) in [6.07, 6.45) is -21.4. The van der Waals surface area contributed by atoms with E-state index in [2.05, 4.69) is 63.4 Å². The number of aromatic nitrogens is 16. The van der Waals surface area contributed by atoms with Crippen molar-refractivity contribution in [3.63, 3.8) is 0 Å². The number of fused-ring (bicyclic) bond motifs is 4. The van der Waals surface area contributed by atoms with Gasteiger partial charge in [-0.05, 0) is 18.2 Å². The molecule has 21 atom stereocenters. The molecule has 12 rings (SSSR count). The minimum Gasteiger partial charge on any atom is -0.390 e. The second kappa shape index (κ2) is 26.2. The molecule has 0 spiro atoms. The quantitative estimate of drug-likeness (QED) is 0.0198. The Morgan fingerprint density at radius 1 is 0.567 bits per heavy atom. The van der Waals surface area contributed by atoms with Crippen molar-refractivity contribution in [2.24, 2.45) is 13.0 Å². The number of rotatable bonds is 24. The van der Waals surface area contributed by atoms with Gasteiger partial charge < -0.3 is 101 Å². The molecule has 9 unspecified atom stereocenters. The lowest BCUT2D eigenvalue weighted by Gasteiger charge is -2.26. The number of aliphatic hydroxyl groups is 6. The number of anilines is 4. The Labute approximate surface area is 540 Å². The van der Waals surface area contributed by atoms with Gasteiger partial charge in [0.2, 0.25) is 23.6 Å². The van der Waals surface area contributed by atoms with Crippen molar-refractivity contribution < 1.29 is 128 Å². The number of nitrogen functional groups attached to an aromatic ring is 4. The van der Waals surface area contributed by atoms with Gasteiger partial charge in [0, 0.05) is 5.92 Å². The average Bonchev–Trinajstić information content (AvgIpc) is 1.63. The number of aromatic amines is 3. The Morgan fingerprint density at radius 3 is 1.68 bits per heavy atom. The molecule has 0 bridgehead atoms. The average molecular weight is 1490 g/mol. The molecule has 55 heteroatoms. The van der Waals surface area contributed by atoms with E-state index in [1.165, 1.54) is 22.5 Å². The lowest BCUT2D eigenvalue weighted by molar-refractivity contribution is -0.745. The fourth-order valence-corrected chi connectivity index (χ4v) is 17.7. The Morgan fingerprint density at radius 2 is 1.07 bits per heavy atom. The largest absolute Gasteiger partial charge is 0.488 e. The zero-order chi connectivity index (χ0) is 69.9. The lowest BCUT2D eigenvalue weighted by atomic mass is 10.1. The normalized spacial score (nSPS) is 30.9. The highest BCUT2D eigenvalue weighted by Gasteiger charge is 2.55. The summed E-state index contributed by atoms with van der Waals surface area (Å²) < 4.78 is 118. The number of imidazole rings is 4. The Balaban J connectivity index is 0.732. The third-order valence-corrected chi connectivity index (χ3v) is 22.7. The van der Waals surface area contributed by atoms with E-state index in [1.807, 2.05) is 0 Å². The molecule has 8 aromatic heterocycles. The molecule has 0 radical (unpaired) electrons. The number of nitrogens with one attached hydrogen (secondary N) is 3. The van der Waals surface area contributed by atoms with Crippen molar-refractivity contribution in [1.82, 2.24) is 73.1 Å². The van der Waals surface area contributed by atoms with Gasteiger partial charge in [-0.2, -0.15) is 14.3 Å². The van der Waals surface area contributed by atoms with E-state index in [0.717, 1.165) is 39.0 Å². The highest BCUT2D eigenvalue weighted by atomic mass is 32.5. The summed E-state index contributed by atoms with van der Waals surface area (Å²) in [6.45, 7) is -9.86. The molecule has 11 heterocycles. The highest BCUT2D eigenvalue weighted by molar-refractivity contribution is 8.08. The van der Waals surface area contributed by atoms with Crippen LogP contribution in [-0.4, -0.2) is 222 Å². The second-order valence-corrected chi connectivity index (χ2v) is 30.8. The summed E-state index contributed by atoms with van der Waals surface area (Å²) in [4.78, 5) is 131. The molecule has 97 heavy (non-hydrogen) atoms. The molecular formula is C42H56N20O29P5S+. The molecule has 4 aliphatic rings. The van der Waals surface area contributed by atoms with Crippen LogP contribution >= 0.6 is 38.0 Å². The van der Waals surface area contributed by atoms with Crippen LogP contribution in [-0.2, 0) is 87.1 Å². The maximum absolute atomic E-state index is 14.2. The van der Waals surface area contributed by atoms with Crippen molar-refractivity contribution in [2.45, 2.75) is 98.3 Å². The van der Waals surface area contributed by atoms with Crippen molar-refractivity contribution in [1.29, 1.82) is 0 Å². The maximum atomic E-state index is 14.2. The molecule has 49 nitrogen and oxygen atoms in total. The van der Waals surface area contributed by atoms with E-state index >= 15 is 0 Å². The van der Waals surface area contributed by atoms with E-state index in [4.69, 9.17) is 76.1 Å². The van der Waals surface area contributed by atoms with Gasteiger partial charge >= 0.3 is 43.7 Å². The molecule has 0 aromatic carbocycles. The summed E-state index contributed by atoms with van der Waals surface area (Å²) >= 11 is 4.88. The van der Waals surface area contributed by atoms with Gasteiger partial charge in [0.25, 0.3) is 22.6 Å². The third-order valence-electron chi connectivity index (χ3n) is 15.6. The Kier molecular flexibility index (Phi) is 19.0. The first-order chi connectivity index (χ1) is 45.5. The molecule has 0 amide bonds. The van der Waals surface area contributed by atoms with Crippen LogP contribution in [0.4, 0.5) is 23.7 Å². The molecule has 22 N–H and O–H groups in total. The molecule has 528 valence electrons. The van der Waals surface area contributed by atoms with E-state index in [1.54, 1.807) is 0 Å². The van der Waals surface area contributed by atoms with Crippen LogP contribution in [0.5, 0.6) is 0 Å². The number of phosphoric acid groups is 4.